The molecule has 4 aromatic rings. The Morgan fingerprint density at radius 3 is 2.52 bits per heavy atom. The molecule has 1 N–H and O–H groups in total. The van der Waals surface area contributed by atoms with Crippen LogP contribution in [-0.4, -0.2) is 47.1 Å². The number of rotatable bonds is 5. The normalized spacial score (nSPS) is 16.2. The van der Waals surface area contributed by atoms with E-state index >= 15 is 0 Å². The van der Waals surface area contributed by atoms with Crippen LogP contribution in [0.4, 0.5) is 16.3 Å². The maximum atomic E-state index is 13.4. The largest absolute Gasteiger partial charge is 0.444 e. The van der Waals surface area contributed by atoms with E-state index in [2.05, 4.69) is 27.1 Å². The van der Waals surface area contributed by atoms with Crippen molar-refractivity contribution in [2.45, 2.75) is 63.9 Å². The van der Waals surface area contributed by atoms with E-state index < -0.39 is 21.7 Å². The molecule has 9 nitrogen and oxygen atoms in total. The molecule has 3 heterocycles. The number of benzene rings is 2. The van der Waals surface area contributed by atoms with Crippen molar-refractivity contribution in [2.75, 3.05) is 23.3 Å². The van der Waals surface area contributed by atoms with Crippen LogP contribution >= 0.6 is 0 Å². The van der Waals surface area contributed by atoms with Crippen LogP contribution in [0.25, 0.3) is 11.0 Å². The number of anilines is 2. The predicted octanol–water partition coefficient (Wildman–Crippen LogP) is 6.02. The van der Waals surface area contributed by atoms with Crippen LogP contribution in [0.2, 0.25) is 0 Å². The molecular weight excluding hydrogens is 526 g/mol. The monoisotopic (exact) mass is 561 g/mol. The van der Waals surface area contributed by atoms with E-state index in [9.17, 15) is 13.2 Å². The SMILES string of the molecule is Cc1ccc(S(=O)(=O)n2ccc3c(N4CCCC(c5cc(NC(=O)OC(C)(C)C)ccc5C)C4)ncnc32)cc1. The molecule has 0 radical (unpaired) electrons. The van der Waals surface area contributed by atoms with Gasteiger partial charge in [0.1, 0.15) is 17.7 Å². The summed E-state index contributed by atoms with van der Waals surface area (Å²) in [6, 6.07) is 14.5. The molecule has 2 aromatic carbocycles. The van der Waals surface area contributed by atoms with Crippen molar-refractivity contribution < 1.29 is 17.9 Å². The first-order chi connectivity index (χ1) is 18.9. The van der Waals surface area contributed by atoms with Crippen molar-refractivity contribution in [1.82, 2.24) is 13.9 Å². The van der Waals surface area contributed by atoms with Crippen molar-refractivity contribution in [3.8, 4) is 0 Å². The third-order valence-corrected chi connectivity index (χ3v) is 8.77. The molecule has 1 unspecified atom stereocenters. The first kappa shape index (κ1) is 27.6. The first-order valence-corrected chi connectivity index (χ1v) is 14.9. The Morgan fingerprint density at radius 2 is 1.80 bits per heavy atom. The van der Waals surface area contributed by atoms with E-state index in [1.165, 1.54) is 10.3 Å². The molecule has 10 heteroatoms. The summed E-state index contributed by atoms with van der Waals surface area (Å²) in [6.07, 6.45) is 4.43. The molecule has 1 atom stereocenters. The fourth-order valence-corrected chi connectivity index (χ4v) is 6.49. The molecule has 1 fully saturated rings. The molecule has 0 saturated carbocycles. The van der Waals surface area contributed by atoms with Gasteiger partial charge < -0.3 is 9.64 Å². The van der Waals surface area contributed by atoms with Gasteiger partial charge in [0.05, 0.1) is 10.3 Å². The Kier molecular flexibility index (Phi) is 7.31. The fraction of sp³-hybridized carbons (Fsp3) is 0.367. The van der Waals surface area contributed by atoms with Gasteiger partial charge in [-0.1, -0.05) is 23.8 Å². The zero-order chi connectivity index (χ0) is 28.7. The number of fused-ring (bicyclic) bond motifs is 1. The van der Waals surface area contributed by atoms with Gasteiger partial charge in [0.2, 0.25) is 0 Å². The van der Waals surface area contributed by atoms with Crippen molar-refractivity contribution in [3.05, 3.63) is 77.7 Å². The molecule has 1 saturated heterocycles. The Hall–Kier alpha value is -3.92. The average Bonchev–Trinajstić information content (AvgIpc) is 3.34. The second-order valence-corrected chi connectivity index (χ2v) is 13.2. The minimum atomic E-state index is -3.81. The second-order valence-electron chi connectivity index (χ2n) is 11.3. The summed E-state index contributed by atoms with van der Waals surface area (Å²) in [7, 11) is -3.81. The molecule has 0 spiro atoms. The molecule has 210 valence electrons. The molecule has 5 rings (SSSR count). The number of amides is 1. The lowest BCUT2D eigenvalue weighted by atomic mass is 9.87. The molecule has 2 aromatic heterocycles. The fourth-order valence-electron chi connectivity index (χ4n) is 5.19. The Morgan fingerprint density at radius 1 is 1.05 bits per heavy atom. The average molecular weight is 562 g/mol. The summed E-state index contributed by atoms with van der Waals surface area (Å²) in [4.78, 5) is 23.7. The quantitative estimate of drug-likeness (QED) is 0.318. The predicted molar refractivity (Wildman–Crippen MR) is 157 cm³/mol. The van der Waals surface area contributed by atoms with Gasteiger partial charge in [-0.15, -0.1) is 0 Å². The first-order valence-electron chi connectivity index (χ1n) is 13.4. The van der Waals surface area contributed by atoms with Gasteiger partial charge in [-0.2, -0.15) is 0 Å². The number of nitrogens with zero attached hydrogens (tertiary/aromatic N) is 4. The maximum Gasteiger partial charge on any atom is 0.412 e. The summed E-state index contributed by atoms with van der Waals surface area (Å²) >= 11 is 0. The van der Waals surface area contributed by atoms with Crippen molar-refractivity contribution in [2.24, 2.45) is 0 Å². The van der Waals surface area contributed by atoms with Crippen molar-refractivity contribution in [3.63, 3.8) is 0 Å². The van der Waals surface area contributed by atoms with Crippen LogP contribution in [0.1, 0.15) is 56.2 Å². The van der Waals surface area contributed by atoms with Crippen LogP contribution in [-0.2, 0) is 14.8 Å². The molecule has 1 amide bonds. The molecule has 0 aliphatic carbocycles. The van der Waals surface area contributed by atoms with Crippen molar-refractivity contribution in [1.29, 1.82) is 0 Å². The van der Waals surface area contributed by atoms with Crippen LogP contribution in [0.5, 0.6) is 0 Å². The second kappa shape index (κ2) is 10.6. The Balaban J connectivity index is 1.42. The topological polar surface area (TPSA) is 106 Å². The van der Waals surface area contributed by atoms with Gasteiger partial charge in [-0.25, -0.2) is 27.2 Å². The van der Waals surface area contributed by atoms with E-state index in [1.807, 2.05) is 45.9 Å². The van der Waals surface area contributed by atoms with Crippen LogP contribution < -0.4 is 10.2 Å². The number of nitrogens with one attached hydrogen (secondary N) is 1. The van der Waals surface area contributed by atoms with Crippen LogP contribution in [0.3, 0.4) is 0 Å². The third kappa shape index (κ3) is 5.67. The Labute approximate surface area is 235 Å². The number of hydrogen-bond donors (Lipinski definition) is 1. The minimum Gasteiger partial charge on any atom is -0.444 e. The Bertz CT molecular complexity index is 1660. The standard InChI is InChI=1S/C30H35N5O4S/c1-20-8-12-24(13-9-20)40(37,38)35-16-14-25-27(31-19-32-28(25)35)34-15-6-7-22(18-34)26-17-23(11-10-21(26)2)33-29(36)39-30(3,4)5/h8-14,16-17,19,22H,6-7,15,18H2,1-5H3,(H,33,36). The number of ether oxygens (including phenoxy) is 1. The van der Waals surface area contributed by atoms with E-state index in [4.69, 9.17) is 4.74 Å². The lowest BCUT2D eigenvalue weighted by Gasteiger charge is -2.35. The number of hydrogen-bond acceptors (Lipinski definition) is 7. The maximum absolute atomic E-state index is 13.4. The van der Waals surface area contributed by atoms with E-state index in [0.29, 0.717) is 29.1 Å². The number of carbonyl (C=O) groups is 1. The lowest BCUT2D eigenvalue weighted by Crippen LogP contribution is -2.35. The van der Waals surface area contributed by atoms with E-state index in [1.54, 1.807) is 36.5 Å². The summed E-state index contributed by atoms with van der Waals surface area (Å²) in [5.41, 5.74) is 3.75. The summed E-state index contributed by atoms with van der Waals surface area (Å²) in [6.45, 7) is 11.0. The number of aromatic nitrogens is 3. The zero-order valence-electron chi connectivity index (χ0n) is 23.5. The summed E-state index contributed by atoms with van der Waals surface area (Å²) < 4.78 is 33.5. The molecule has 1 aliphatic heterocycles. The smallest absolute Gasteiger partial charge is 0.412 e. The van der Waals surface area contributed by atoms with Gasteiger partial charge in [0.25, 0.3) is 10.0 Å². The van der Waals surface area contributed by atoms with Gasteiger partial charge in [0, 0.05) is 30.9 Å². The zero-order valence-corrected chi connectivity index (χ0v) is 24.3. The highest BCUT2D eigenvalue weighted by Crippen LogP contribution is 2.35. The molecule has 40 heavy (non-hydrogen) atoms. The van der Waals surface area contributed by atoms with Gasteiger partial charge in [-0.05, 0) is 88.9 Å². The van der Waals surface area contributed by atoms with E-state index in [0.717, 1.165) is 36.1 Å². The number of aryl methyl sites for hydroxylation is 2. The highest BCUT2D eigenvalue weighted by molar-refractivity contribution is 7.90. The molecule has 1 aliphatic rings. The van der Waals surface area contributed by atoms with Gasteiger partial charge >= 0.3 is 6.09 Å². The van der Waals surface area contributed by atoms with E-state index in [-0.39, 0.29) is 10.8 Å². The van der Waals surface area contributed by atoms with Crippen LogP contribution in [0, 0.1) is 13.8 Å². The lowest BCUT2D eigenvalue weighted by molar-refractivity contribution is 0.0636. The summed E-state index contributed by atoms with van der Waals surface area (Å²) in [5.74, 6) is 0.922. The third-order valence-electron chi connectivity index (χ3n) is 7.09. The molecule has 0 bridgehead atoms. The minimum absolute atomic E-state index is 0.206. The summed E-state index contributed by atoms with van der Waals surface area (Å²) in [5, 5.41) is 3.54. The van der Waals surface area contributed by atoms with Crippen molar-refractivity contribution >= 4 is 38.7 Å². The van der Waals surface area contributed by atoms with Crippen LogP contribution in [0.15, 0.2) is 66.0 Å². The number of carbonyl (C=O) groups excluding carboxylic acids is 1. The van der Waals surface area contributed by atoms with Gasteiger partial charge in [-0.3, -0.25) is 5.32 Å². The van der Waals surface area contributed by atoms with Gasteiger partial charge in [0.15, 0.2) is 5.65 Å². The highest BCUT2D eigenvalue weighted by Gasteiger charge is 2.27. The number of piperidine rings is 1. The highest BCUT2D eigenvalue weighted by atomic mass is 32.2. The molecular formula is C30H35N5O4S.